The van der Waals surface area contributed by atoms with Crippen LogP contribution in [0.4, 0.5) is 0 Å². The maximum absolute atomic E-state index is 10.6. The van der Waals surface area contributed by atoms with E-state index in [1.165, 1.54) is 0 Å². The number of rotatable bonds is 0. The molecule has 0 saturated carbocycles. The Labute approximate surface area is 180 Å². The van der Waals surface area contributed by atoms with Crippen molar-refractivity contribution in [2.75, 3.05) is 0 Å². The van der Waals surface area contributed by atoms with E-state index in [2.05, 4.69) is 0 Å². The molecule has 5 heteroatoms. The van der Waals surface area contributed by atoms with Crippen LogP contribution in [0.5, 0.6) is 17.2 Å². The topological polar surface area (TPSA) is 66.3 Å². The fourth-order valence-corrected chi connectivity index (χ4v) is 1.72. The molecule has 0 saturated heterocycles. The van der Waals surface area contributed by atoms with Crippen molar-refractivity contribution >= 4 is 0 Å². The fourth-order valence-electron chi connectivity index (χ4n) is 1.72. The molecular weight excluding hydrogens is 314 g/mol. The summed E-state index contributed by atoms with van der Waals surface area (Å²) in [5.41, 5.74) is 3.03. The largest absolute Gasteiger partial charge is 1.00 e. The van der Waals surface area contributed by atoms with Gasteiger partial charge < -0.3 is 15.3 Å². The van der Waals surface area contributed by atoms with Crippen molar-refractivity contribution in [2.24, 2.45) is 0 Å². The Morgan fingerprint density at radius 3 is 1.58 bits per heavy atom. The first-order valence-electron chi connectivity index (χ1n) is 7.60. The maximum Gasteiger partial charge on any atom is 1.00 e. The summed E-state index contributed by atoms with van der Waals surface area (Å²) in [6.45, 7) is 5.71. The molecule has 0 aliphatic carbocycles. The van der Waals surface area contributed by atoms with Crippen LogP contribution in [0.15, 0.2) is 72.8 Å². The minimum absolute atomic E-state index is 0. The minimum atomic E-state index is 0. The molecule has 1 N–H and O–H groups in total. The van der Waals surface area contributed by atoms with Crippen LogP contribution in [0, 0.1) is 20.8 Å². The average Bonchev–Trinajstić information content (AvgIpc) is 2.54. The summed E-state index contributed by atoms with van der Waals surface area (Å²) in [4.78, 5) is 0. The molecule has 0 unspecified atom stereocenters. The van der Waals surface area contributed by atoms with Crippen LogP contribution >= 0.6 is 0 Å². The molecule has 0 amide bonds. The van der Waals surface area contributed by atoms with Gasteiger partial charge in [0.15, 0.2) is 0 Å². The predicted molar refractivity (Wildman–Crippen MR) is 94.1 cm³/mol. The maximum atomic E-state index is 10.6. The van der Waals surface area contributed by atoms with E-state index in [0.717, 1.165) is 16.7 Å². The Bertz CT molecular complexity index is 685. The van der Waals surface area contributed by atoms with Crippen LogP contribution < -0.4 is 47.9 Å². The Morgan fingerprint density at radius 1 is 0.654 bits per heavy atom. The van der Waals surface area contributed by atoms with Gasteiger partial charge in [0, 0.05) is 0 Å². The zero-order chi connectivity index (χ0) is 17.9. The van der Waals surface area contributed by atoms with Crippen LogP contribution in [0.25, 0.3) is 0 Å². The van der Waals surface area contributed by atoms with E-state index < -0.39 is 0 Å². The first kappa shape index (κ1) is 26.5. The molecule has 3 aromatic carbocycles. The van der Waals surface area contributed by atoms with E-state index in [4.69, 9.17) is 5.11 Å². The van der Waals surface area contributed by atoms with Crippen molar-refractivity contribution in [3.63, 3.8) is 0 Å². The first-order chi connectivity index (χ1) is 11.4. The van der Waals surface area contributed by atoms with Gasteiger partial charge in [0.05, 0.1) is 0 Å². The summed E-state index contributed by atoms with van der Waals surface area (Å²) in [7, 11) is 0. The van der Waals surface area contributed by atoms with E-state index in [1.807, 2.05) is 57.2 Å². The standard InChI is InChI=1S/3C7H8O.2Li/c1-6-2-4-7(8)5-3-6;1-6-3-2-4-7(8)5-6;1-6-4-2-3-5-7(6)8;;/h3*2-5,8H,1H3;;/q;;;2*+1/p-2. The number of hydrogen-bond acceptors (Lipinski definition) is 3. The number of para-hydroxylation sites is 1. The van der Waals surface area contributed by atoms with Crippen molar-refractivity contribution < 1.29 is 53.0 Å². The Hall–Kier alpha value is -1.75. The monoisotopic (exact) mass is 336 g/mol. The number of phenols is 1. The molecule has 0 aliphatic heterocycles. The van der Waals surface area contributed by atoms with Gasteiger partial charge in [-0.25, -0.2) is 0 Å². The van der Waals surface area contributed by atoms with Crippen LogP contribution in [-0.2, 0) is 0 Å². The van der Waals surface area contributed by atoms with E-state index >= 15 is 0 Å². The fraction of sp³-hybridized carbons (Fsp3) is 0.143. The average molecular weight is 336 g/mol. The van der Waals surface area contributed by atoms with E-state index in [-0.39, 0.29) is 49.2 Å². The van der Waals surface area contributed by atoms with Gasteiger partial charge in [-0.1, -0.05) is 71.8 Å². The molecule has 0 aliphatic rings. The molecule has 0 atom stereocenters. The third kappa shape index (κ3) is 11.7. The Balaban J connectivity index is 0. The number of aryl methyl sites for hydroxylation is 3. The zero-order valence-electron chi connectivity index (χ0n) is 16.2. The molecule has 0 spiro atoms. The van der Waals surface area contributed by atoms with E-state index in [9.17, 15) is 10.2 Å². The third-order valence-electron chi connectivity index (χ3n) is 3.12. The van der Waals surface area contributed by atoms with Gasteiger partial charge in [-0.05, 0) is 38.5 Å². The minimum Gasteiger partial charge on any atom is -0.872 e. The van der Waals surface area contributed by atoms with Crippen molar-refractivity contribution in [3.05, 3.63) is 89.5 Å². The Morgan fingerprint density at radius 2 is 1.23 bits per heavy atom. The van der Waals surface area contributed by atoms with E-state index in [1.54, 1.807) is 36.4 Å². The Kier molecular flexibility index (Phi) is 14.7. The van der Waals surface area contributed by atoms with Crippen molar-refractivity contribution in [2.45, 2.75) is 20.8 Å². The van der Waals surface area contributed by atoms with Gasteiger partial charge in [0.2, 0.25) is 0 Å². The number of phenolic OH excluding ortho intramolecular Hbond substituents is 1. The summed E-state index contributed by atoms with van der Waals surface area (Å²) >= 11 is 0. The van der Waals surface area contributed by atoms with Gasteiger partial charge in [0.1, 0.15) is 5.75 Å². The first-order valence-corrected chi connectivity index (χ1v) is 7.60. The summed E-state index contributed by atoms with van der Waals surface area (Å²) in [5.74, 6) is 0.535. The number of aromatic hydroxyl groups is 1. The smallest absolute Gasteiger partial charge is 0.872 e. The van der Waals surface area contributed by atoms with Crippen LogP contribution in [-0.4, -0.2) is 5.11 Å². The van der Waals surface area contributed by atoms with Crippen LogP contribution in [0.3, 0.4) is 0 Å². The molecule has 0 fully saturated rings. The number of hydrogen-bond donors (Lipinski definition) is 1. The summed E-state index contributed by atoms with van der Waals surface area (Å²) < 4.78 is 0. The second-order valence-corrected chi connectivity index (χ2v) is 5.42. The number of benzene rings is 3. The summed E-state index contributed by atoms with van der Waals surface area (Å²) in [5, 5.41) is 29.9. The van der Waals surface area contributed by atoms with Crippen molar-refractivity contribution in [1.82, 2.24) is 0 Å². The summed E-state index contributed by atoms with van der Waals surface area (Å²) in [6.07, 6.45) is 0. The SMILES string of the molecule is Cc1ccc([O-])cc1.Cc1cccc(O)c1.Cc1ccccc1[O-].[Li+].[Li+]. The van der Waals surface area contributed by atoms with E-state index in [0.29, 0.717) is 5.75 Å². The molecule has 0 aromatic heterocycles. The van der Waals surface area contributed by atoms with Gasteiger partial charge in [0.25, 0.3) is 0 Å². The van der Waals surface area contributed by atoms with Gasteiger partial charge in [-0.2, -0.15) is 0 Å². The van der Waals surface area contributed by atoms with Crippen LogP contribution in [0.2, 0.25) is 0 Å². The molecule has 0 radical (unpaired) electrons. The molecule has 0 heterocycles. The summed E-state index contributed by atoms with van der Waals surface area (Å²) in [6, 6.07) is 20.9. The quantitative estimate of drug-likeness (QED) is 0.476. The molecule has 0 bridgehead atoms. The second kappa shape index (κ2) is 14.4. The molecule has 3 aromatic rings. The molecule has 126 valence electrons. The van der Waals surface area contributed by atoms with Gasteiger partial charge in [-0.15, -0.1) is 11.5 Å². The second-order valence-electron chi connectivity index (χ2n) is 5.42. The van der Waals surface area contributed by atoms with Gasteiger partial charge in [-0.3, -0.25) is 0 Å². The van der Waals surface area contributed by atoms with Crippen LogP contribution in [0.1, 0.15) is 16.7 Å². The van der Waals surface area contributed by atoms with Crippen molar-refractivity contribution in [1.29, 1.82) is 0 Å². The zero-order valence-corrected chi connectivity index (χ0v) is 16.2. The molecule has 26 heavy (non-hydrogen) atoms. The predicted octanol–water partition coefficient (Wildman–Crippen LogP) is -2.15. The van der Waals surface area contributed by atoms with Gasteiger partial charge >= 0.3 is 37.7 Å². The van der Waals surface area contributed by atoms with Crippen molar-refractivity contribution in [3.8, 4) is 17.2 Å². The third-order valence-corrected chi connectivity index (χ3v) is 3.12. The molecular formula is C21H22Li2O3. The molecule has 3 nitrogen and oxygen atoms in total. The molecule has 3 rings (SSSR count). The normalized spacial score (nSPS) is 8.42.